The monoisotopic (exact) mass is 449 g/mol. The van der Waals surface area contributed by atoms with Gasteiger partial charge in [-0.1, -0.05) is 24.0 Å². The summed E-state index contributed by atoms with van der Waals surface area (Å²) >= 11 is 8.66. The second kappa shape index (κ2) is 7.65. The van der Waals surface area contributed by atoms with E-state index in [-0.39, 0.29) is 5.91 Å². The highest BCUT2D eigenvalue weighted by Gasteiger charge is 2.28. The Morgan fingerprint density at radius 3 is 2.55 bits per heavy atom. The van der Waals surface area contributed by atoms with Crippen LogP contribution in [0.2, 0.25) is 0 Å². The maximum Gasteiger partial charge on any atom is 0.265 e. The Hall–Kier alpha value is -0.800. The normalized spacial score (nSPS) is 16.5. The number of ether oxygens (including phenoxy) is 2. The van der Waals surface area contributed by atoms with Crippen LogP contribution in [0, 0.1) is 3.57 Å². The lowest BCUT2D eigenvalue weighted by Crippen LogP contribution is -2.22. The molecule has 1 aliphatic rings. The predicted octanol–water partition coefficient (Wildman–Crippen LogP) is 3.92. The minimum Gasteiger partial charge on any atom is -0.490 e. The van der Waals surface area contributed by atoms with Gasteiger partial charge in [0.2, 0.25) is 0 Å². The van der Waals surface area contributed by atoms with E-state index in [1.807, 2.05) is 32.1 Å². The third-order valence-corrected chi connectivity index (χ3v) is 5.19. The van der Waals surface area contributed by atoms with Crippen LogP contribution in [0.4, 0.5) is 0 Å². The molecule has 0 unspecified atom stereocenters. The molecule has 22 heavy (non-hydrogen) atoms. The summed E-state index contributed by atoms with van der Waals surface area (Å²) in [5.41, 5.74) is 0.894. The number of thioether (sulfide) groups is 1. The second-order valence-electron chi connectivity index (χ2n) is 4.44. The van der Waals surface area contributed by atoms with Crippen molar-refractivity contribution in [1.29, 1.82) is 0 Å². The van der Waals surface area contributed by atoms with Crippen molar-refractivity contribution in [2.75, 3.05) is 20.3 Å². The molecule has 1 aliphatic heterocycles. The standard InChI is InChI=1S/C15H16INO3S2/c1-4-19-11-7-9(6-10(16)13(11)20-5-2)8-12-14(18)17(3)15(21)22-12/h6-8H,4-5H2,1-3H3/b12-8-. The van der Waals surface area contributed by atoms with Crippen molar-refractivity contribution in [2.45, 2.75) is 13.8 Å². The molecule has 1 amide bonds. The quantitative estimate of drug-likeness (QED) is 0.387. The maximum atomic E-state index is 12.1. The molecule has 118 valence electrons. The molecule has 1 aromatic carbocycles. The topological polar surface area (TPSA) is 38.8 Å². The molecule has 1 saturated heterocycles. The van der Waals surface area contributed by atoms with Crippen molar-refractivity contribution in [2.24, 2.45) is 0 Å². The molecule has 0 radical (unpaired) electrons. The first kappa shape index (κ1) is 17.6. The Morgan fingerprint density at radius 1 is 1.32 bits per heavy atom. The molecule has 1 aromatic rings. The first-order valence-corrected chi connectivity index (χ1v) is 9.09. The lowest BCUT2D eigenvalue weighted by Gasteiger charge is -2.13. The Balaban J connectivity index is 2.40. The number of carbonyl (C=O) groups excluding carboxylic acids is 1. The van der Waals surface area contributed by atoms with Gasteiger partial charge in [-0.05, 0) is 60.2 Å². The number of hydrogen-bond acceptors (Lipinski definition) is 5. The molecule has 7 heteroatoms. The van der Waals surface area contributed by atoms with Gasteiger partial charge in [0.05, 0.1) is 21.7 Å². The number of thiocarbonyl (C=S) groups is 1. The van der Waals surface area contributed by atoms with Gasteiger partial charge in [0.15, 0.2) is 11.5 Å². The number of likely N-dealkylation sites (N-methyl/N-ethyl adjacent to an activating group) is 1. The summed E-state index contributed by atoms with van der Waals surface area (Å²) in [6.45, 7) is 4.99. The van der Waals surface area contributed by atoms with E-state index in [2.05, 4.69) is 22.6 Å². The first-order chi connectivity index (χ1) is 10.5. The van der Waals surface area contributed by atoms with Gasteiger partial charge < -0.3 is 9.47 Å². The molecule has 0 atom stereocenters. The highest BCUT2D eigenvalue weighted by Crippen LogP contribution is 2.37. The molecule has 0 N–H and O–H groups in total. The molecular formula is C15H16INO3S2. The molecule has 0 saturated carbocycles. The van der Waals surface area contributed by atoms with Gasteiger partial charge in [0, 0.05) is 7.05 Å². The van der Waals surface area contributed by atoms with Crippen LogP contribution in [0.25, 0.3) is 6.08 Å². The van der Waals surface area contributed by atoms with Crippen LogP contribution in [0.15, 0.2) is 17.0 Å². The molecule has 1 fully saturated rings. The summed E-state index contributed by atoms with van der Waals surface area (Å²) in [5.74, 6) is 1.36. The fourth-order valence-corrected chi connectivity index (χ4v) is 3.88. The Bertz CT molecular complexity index is 646. The van der Waals surface area contributed by atoms with Crippen LogP contribution in [-0.2, 0) is 4.79 Å². The lowest BCUT2D eigenvalue weighted by atomic mass is 10.2. The van der Waals surface area contributed by atoms with Crippen LogP contribution in [0.1, 0.15) is 19.4 Å². The molecular weight excluding hydrogens is 433 g/mol. The van der Waals surface area contributed by atoms with E-state index in [4.69, 9.17) is 21.7 Å². The van der Waals surface area contributed by atoms with Gasteiger partial charge >= 0.3 is 0 Å². The van der Waals surface area contributed by atoms with Gasteiger partial charge in [0.1, 0.15) is 4.32 Å². The van der Waals surface area contributed by atoms with E-state index >= 15 is 0 Å². The average Bonchev–Trinajstić information content (AvgIpc) is 2.70. The summed E-state index contributed by atoms with van der Waals surface area (Å²) in [6.07, 6.45) is 1.84. The molecule has 0 spiro atoms. The zero-order chi connectivity index (χ0) is 16.3. The molecule has 0 bridgehead atoms. The SMILES string of the molecule is CCOc1cc(/C=C2\SC(=S)N(C)C2=O)cc(I)c1OCC. The van der Waals surface area contributed by atoms with Gasteiger partial charge in [-0.3, -0.25) is 9.69 Å². The third-order valence-electron chi connectivity index (χ3n) is 2.90. The molecule has 2 rings (SSSR count). The summed E-state index contributed by atoms with van der Waals surface area (Å²) in [5, 5.41) is 0. The predicted molar refractivity (Wildman–Crippen MR) is 102 cm³/mol. The summed E-state index contributed by atoms with van der Waals surface area (Å²) in [6, 6.07) is 3.86. The highest BCUT2D eigenvalue weighted by atomic mass is 127. The average molecular weight is 449 g/mol. The summed E-state index contributed by atoms with van der Waals surface area (Å²) in [4.78, 5) is 14.2. The summed E-state index contributed by atoms with van der Waals surface area (Å²) < 4.78 is 12.8. The van der Waals surface area contributed by atoms with E-state index in [0.29, 0.717) is 28.2 Å². The zero-order valence-electron chi connectivity index (χ0n) is 12.5. The van der Waals surface area contributed by atoms with Crippen LogP contribution < -0.4 is 9.47 Å². The number of amides is 1. The molecule has 0 aliphatic carbocycles. The van der Waals surface area contributed by atoms with Crippen molar-refractivity contribution in [3.05, 3.63) is 26.2 Å². The van der Waals surface area contributed by atoms with E-state index in [1.165, 1.54) is 16.7 Å². The van der Waals surface area contributed by atoms with Crippen molar-refractivity contribution in [3.8, 4) is 11.5 Å². The van der Waals surface area contributed by atoms with Gasteiger partial charge in [-0.2, -0.15) is 0 Å². The van der Waals surface area contributed by atoms with Crippen molar-refractivity contribution in [1.82, 2.24) is 4.90 Å². The minimum absolute atomic E-state index is 0.0724. The Kier molecular flexibility index (Phi) is 6.10. The van der Waals surface area contributed by atoms with Crippen LogP contribution in [-0.4, -0.2) is 35.4 Å². The Labute approximate surface area is 153 Å². The van der Waals surface area contributed by atoms with Crippen LogP contribution >= 0.6 is 46.6 Å². The van der Waals surface area contributed by atoms with Crippen molar-refractivity contribution in [3.63, 3.8) is 0 Å². The van der Waals surface area contributed by atoms with Crippen molar-refractivity contribution < 1.29 is 14.3 Å². The number of benzene rings is 1. The number of nitrogens with zero attached hydrogens (tertiary/aromatic N) is 1. The van der Waals surface area contributed by atoms with Gasteiger partial charge in [-0.25, -0.2) is 0 Å². The minimum atomic E-state index is -0.0724. The Morgan fingerprint density at radius 2 is 2.00 bits per heavy atom. The lowest BCUT2D eigenvalue weighted by molar-refractivity contribution is -0.121. The molecule has 4 nitrogen and oxygen atoms in total. The number of hydrogen-bond donors (Lipinski definition) is 0. The van der Waals surface area contributed by atoms with E-state index < -0.39 is 0 Å². The first-order valence-electron chi connectivity index (χ1n) is 6.78. The fraction of sp³-hybridized carbons (Fsp3) is 0.333. The number of carbonyl (C=O) groups is 1. The third kappa shape index (κ3) is 3.75. The number of rotatable bonds is 5. The number of halogens is 1. The van der Waals surface area contributed by atoms with E-state index in [9.17, 15) is 4.79 Å². The van der Waals surface area contributed by atoms with Crippen LogP contribution in [0.5, 0.6) is 11.5 Å². The largest absolute Gasteiger partial charge is 0.490 e. The van der Waals surface area contributed by atoms with Gasteiger partial charge in [-0.15, -0.1) is 0 Å². The second-order valence-corrected chi connectivity index (χ2v) is 7.27. The zero-order valence-corrected chi connectivity index (χ0v) is 16.3. The fourth-order valence-electron chi connectivity index (χ4n) is 1.92. The highest BCUT2D eigenvalue weighted by molar-refractivity contribution is 14.1. The summed E-state index contributed by atoms with van der Waals surface area (Å²) in [7, 11) is 1.69. The van der Waals surface area contributed by atoms with Crippen molar-refractivity contribution >= 4 is 62.9 Å². The molecule has 0 aromatic heterocycles. The molecule has 1 heterocycles. The van der Waals surface area contributed by atoms with E-state index in [0.717, 1.165) is 14.9 Å². The van der Waals surface area contributed by atoms with Gasteiger partial charge in [0.25, 0.3) is 5.91 Å². The maximum absolute atomic E-state index is 12.1. The van der Waals surface area contributed by atoms with Crippen LogP contribution in [0.3, 0.4) is 0 Å². The van der Waals surface area contributed by atoms with E-state index in [1.54, 1.807) is 7.05 Å². The smallest absolute Gasteiger partial charge is 0.265 e.